The molecular formula is C29H31N3O5S. The average molecular weight is 534 g/mol. The number of aromatic hydroxyl groups is 1. The normalized spacial score (nSPS) is 17.5. The molecule has 1 aliphatic rings. The molecule has 9 heteroatoms. The van der Waals surface area contributed by atoms with Crippen LogP contribution in [-0.4, -0.2) is 37.7 Å². The van der Waals surface area contributed by atoms with E-state index < -0.39 is 17.6 Å². The molecular weight excluding hydrogens is 502 g/mol. The largest absolute Gasteiger partial charge is 0.507 e. The van der Waals surface area contributed by atoms with E-state index in [1.165, 1.54) is 35.4 Å². The number of anilines is 1. The van der Waals surface area contributed by atoms with E-state index in [0.717, 1.165) is 21.6 Å². The summed E-state index contributed by atoms with van der Waals surface area (Å²) in [6.45, 7) is 13.5. The Morgan fingerprint density at radius 2 is 1.76 bits per heavy atom. The fraction of sp³-hybridized carbons (Fsp3) is 0.310. The lowest BCUT2D eigenvalue weighted by atomic mass is 9.71. The summed E-state index contributed by atoms with van der Waals surface area (Å²) in [5.41, 5.74) is 8.72. The van der Waals surface area contributed by atoms with Crippen LogP contribution in [0, 0.1) is 5.92 Å². The number of fused-ring (bicyclic) bond motifs is 1. The first-order chi connectivity index (χ1) is 17.8. The molecule has 0 fully saturated rings. The number of hydrazine groups is 1. The van der Waals surface area contributed by atoms with E-state index in [1.807, 2.05) is 13.0 Å². The first kappa shape index (κ1) is 27.1. The third-order valence-corrected chi connectivity index (χ3v) is 8.15. The summed E-state index contributed by atoms with van der Waals surface area (Å²) in [7, 11) is 0. The van der Waals surface area contributed by atoms with E-state index in [-0.39, 0.29) is 27.8 Å². The van der Waals surface area contributed by atoms with Crippen LogP contribution in [0.5, 0.6) is 5.75 Å². The molecule has 4 rings (SSSR count). The maximum atomic E-state index is 13.0. The number of amides is 1. The zero-order valence-electron chi connectivity index (χ0n) is 22.2. The number of aromatic nitrogens is 1. The maximum absolute atomic E-state index is 13.0. The van der Waals surface area contributed by atoms with E-state index in [2.05, 4.69) is 63.4 Å². The minimum absolute atomic E-state index is 0.0229. The molecule has 0 aliphatic heterocycles. The Morgan fingerprint density at radius 3 is 2.39 bits per heavy atom. The molecule has 8 nitrogen and oxygen atoms in total. The van der Waals surface area contributed by atoms with Crippen LogP contribution in [-0.2, 0) is 10.8 Å². The number of nitrogens with one attached hydrogen (secondary N) is 1. The number of carbonyl (C=O) groups is 2. The third kappa shape index (κ3) is 4.69. The third-order valence-electron chi connectivity index (χ3n) is 7.94. The summed E-state index contributed by atoms with van der Waals surface area (Å²) in [6.07, 6.45) is 1.83. The fourth-order valence-corrected chi connectivity index (χ4v) is 5.33. The smallest absolute Gasteiger partial charge is 0.339 e. The minimum Gasteiger partial charge on any atom is -0.507 e. The molecule has 0 saturated carbocycles. The van der Waals surface area contributed by atoms with Gasteiger partial charge in [0.2, 0.25) is 0 Å². The van der Waals surface area contributed by atoms with Gasteiger partial charge in [-0.2, -0.15) is 0 Å². The standard InChI is InChI=1S/C29H31N3O5S/c1-16(18-7-10-22-23(12-18)29(5,6)17(2)28(22,3)4)11-20-14-24(31-37-20)26(34)32(15-38)30-19-8-9-21(27(35)36)25(33)13-19/h7-15,17,30,33H,1-6H3,(H,35,36)/b16-11+. The number of carbonyl (C=O) groups excluding carboxylic acids is 1. The van der Waals surface area contributed by atoms with Gasteiger partial charge in [-0.3, -0.25) is 10.2 Å². The van der Waals surface area contributed by atoms with Gasteiger partial charge in [0.05, 0.1) is 11.2 Å². The van der Waals surface area contributed by atoms with E-state index >= 15 is 0 Å². The second-order valence-corrected chi connectivity index (χ2v) is 11.0. The molecule has 1 aliphatic carbocycles. The highest BCUT2D eigenvalue weighted by atomic mass is 32.1. The second kappa shape index (κ2) is 9.72. The highest BCUT2D eigenvalue weighted by Crippen LogP contribution is 2.53. The summed E-state index contributed by atoms with van der Waals surface area (Å²) in [6, 6.07) is 11.9. The molecule has 38 heavy (non-hydrogen) atoms. The first-order valence-electron chi connectivity index (χ1n) is 12.2. The number of carboxylic acid groups (broad SMARTS) is 1. The van der Waals surface area contributed by atoms with Crippen molar-refractivity contribution in [2.24, 2.45) is 5.92 Å². The summed E-state index contributed by atoms with van der Waals surface area (Å²) >= 11 is 4.96. The van der Waals surface area contributed by atoms with E-state index in [0.29, 0.717) is 11.7 Å². The van der Waals surface area contributed by atoms with Gasteiger partial charge in [-0.15, -0.1) is 0 Å². The number of hydrogen-bond acceptors (Lipinski definition) is 7. The average Bonchev–Trinajstić information content (AvgIpc) is 3.38. The Labute approximate surface area is 226 Å². The van der Waals surface area contributed by atoms with Crippen LogP contribution < -0.4 is 5.43 Å². The van der Waals surface area contributed by atoms with Gasteiger partial charge in [0.15, 0.2) is 11.5 Å². The molecule has 2 aromatic carbocycles. The van der Waals surface area contributed by atoms with E-state index in [1.54, 1.807) is 0 Å². The molecule has 1 amide bonds. The quantitative estimate of drug-likeness (QED) is 0.240. The molecule has 198 valence electrons. The van der Waals surface area contributed by atoms with Crippen LogP contribution in [0.25, 0.3) is 11.6 Å². The lowest BCUT2D eigenvalue weighted by molar-refractivity contribution is 0.0693. The number of aromatic carboxylic acids is 1. The lowest BCUT2D eigenvalue weighted by Crippen LogP contribution is -2.34. The number of hydrogen-bond donors (Lipinski definition) is 3. The zero-order valence-corrected chi connectivity index (χ0v) is 23.0. The van der Waals surface area contributed by atoms with Gasteiger partial charge in [0.1, 0.15) is 11.3 Å². The van der Waals surface area contributed by atoms with Gasteiger partial charge in [0, 0.05) is 12.1 Å². The summed E-state index contributed by atoms with van der Waals surface area (Å²) in [4.78, 5) is 24.1. The van der Waals surface area contributed by atoms with Gasteiger partial charge in [-0.25, -0.2) is 9.80 Å². The predicted octanol–water partition coefficient (Wildman–Crippen LogP) is 6.27. The summed E-state index contributed by atoms with van der Waals surface area (Å²) in [5.74, 6) is -1.40. The van der Waals surface area contributed by atoms with Crippen molar-refractivity contribution >= 4 is 46.9 Å². The van der Waals surface area contributed by atoms with E-state index in [4.69, 9.17) is 21.8 Å². The van der Waals surface area contributed by atoms with Gasteiger partial charge in [0.25, 0.3) is 5.91 Å². The van der Waals surface area contributed by atoms with E-state index in [9.17, 15) is 14.7 Å². The van der Waals surface area contributed by atoms with Crippen LogP contribution in [0.2, 0.25) is 0 Å². The fourth-order valence-electron chi connectivity index (χ4n) is 5.18. The van der Waals surface area contributed by atoms with Crippen LogP contribution >= 0.6 is 12.2 Å². The highest BCUT2D eigenvalue weighted by molar-refractivity contribution is 7.78. The van der Waals surface area contributed by atoms with Crippen molar-refractivity contribution in [1.82, 2.24) is 10.2 Å². The van der Waals surface area contributed by atoms with Crippen molar-refractivity contribution in [2.45, 2.75) is 52.4 Å². The zero-order chi connectivity index (χ0) is 28.0. The number of benzene rings is 2. The lowest BCUT2D eigenvalue weighted by Gasteiger charge is -2.32. The summed E-state index contributed by atoms with van der Waals surface area (Å²) in [5, 5.41) is 23.9. The topological polar surface area (TPSA) is 116 Å². The van der Waals surface area contributed by atoms with Crippen LogP contribution in [0.4, 0.5) is 5.69 Å². The summed E-state index contributed by atoms with van der Waals surface area (Å²) < 4.78 is 5.41. The van der Waals surface area contributed by atoms with Crippen molar-refractivity contribution in [3.8, 4) is 5.75 Å². The SMILES string of the molecule is C/C(=C\c1cc(C(=O)N(C=S)Nc2ccc(C(=O)O)c(O)c2)no1)c1ccc2c(c1)C(C)(C)C(C)C2(C)C. The molecule has 1 atom stereocenters. The highest BCUT2D eigenvalue weighted by Gasteiger charge is 2.48. The molecule has 1 heterocycles. The Kier molecular flexibility index (Phi) is 6.92. The van der Waals surface area contributed by atoms with Crippen molar-refractivity contribution in [3.63, 3.8) is 0 Å². The Hall–Kier alpha value is -3.98. The van der Waals surface area contributed by atoms with Crippen molar-refractivity contribution < 1.29 is 24.3 Å². The molecule has 0 bridgehead atoms. The molecule has 3 aromatic rings. The molecule has 1 unspecified atom stereocenters. The molecule has 3 N–H and O–H groups in total. The molecule has 0 radical (unpaired) electrons. The molecule has 1 aromatic heterocycles. The van der Waals surface area contributed by atoms with Crippen LogP contribution in [0.1, 0.15) is 84.8 Å². The monoisotopic (exact) mass is 533 g/mol. The number of thiocarbonyl (C=S) groups is 1. The number of rotatable bonds is 7. The predicted molar refractivity (Wildman–Crippen MR) is 150 cm³/mol. The van der Waals surface area contributed by atoms with Gasteiger partial charge >= 0.3 is 5.97 Å². The van der Waals surface area contributed by atoms with Crippen LogP contribution in [0.15, 0.2) is 47.0 Å². The first-order valence-corrected chi connectivity index (χ1v) is 12.7. The number of allylic oxidation sites excluding steroid dienone is 1. The number of nitrogens with zero attached hydrogens (tertiary/aromatic N) is 2. The van der Waals surface area contributed by atoms with Gasteiger partial charge in [-0.05, 0) is 64.1 Å². The Balaban J connectivity index is 1.54. The van der Waals surface area contributed by atoms with Gasteiger partial charge < -0.3 is 14.7 Å². The van der Waals surface area contributed by atoms with Crippen molar-refractivity contribution in [1.29, 1.82) is 0 Å². The Morgan fingerprint density at radius 1 is 1.08 bits per heavy atom. The number of carboxylic acids is 1. The molecule has 0 spiro atoms. The van der Waals surface area contributed by atoms with Crippen LogP contribution in [0.3, 0.4) is 0 Å². The number of phenols is 1. The van der Waals surface area contributed by atoms with Gasteiger partial charge in [-0.1, -0.05) is 70.2 Å². The van der Waals surface area contributed by atoms with Crippen molar-refractivity contribution in [2.75, 3.05) is 5.43 Å². The second-order valence-electron chi connectivity index (χ2n) is 10.8. The van der Waals surface area contributed by atoms with Crippen molar-refractivity contribution in [3.05, 3.63) is 76.2 Å². The minimum atomic E-state index is -1.27. The maximum Gasteiger partial charge on any atom is 0.339 e. The Bertz CT molecular complexity index is 1470. The molecule has 0 saturated heterocycles.